The maximum absolute atomic E-state index is 12.4. The van der Waals surface area contributed by atoms with Crippen LogP contribution in [0.4, 0.5) is 14.6 Å². The zero-order chi connectivity index (χ0) is 10.7. The first-order valence-corrected chi connectivity index (χ1v) is 3.91. The Bertz CT molecular complexity index is 331. The molecule has 1 aromatic heterocycles. The molecule has 4 N–H and O–H groups in total. The standard InChI is InChI=1S/C8H11F2N3O/c1-14-8-4(3-11)2-5(6(9)10)7(12)13-8/h2,6H,3,11H2,1H3,(H2,12,13). The smallest absolute Gasteiger partial charge is 0.267 e. The van der Waals surface area contributed by atoms with Crippen molar-refractivity contribution in [3.8, 4) is 5.88 Å². The Kier molecular flexibility index (Phi) is 3.19. The lowest BCUT2D eigenvalue weighted by Crippen LogP contribution is -2.07. The van der Waals surface area contributed by atoms with Gasteiger partial charge in [-0.1, -0.05) is 0 Å². The van der Waals surface area contributed by atoms with E-state index in [2.05, 4.69) is 4.98 Å². The normalized spacial score (nSPS) is 10.6. The summed E-state index contributed by atoms with van der Waals surface area (Å²) in [6.45, 7) is 0.0795. The number of hydrogen-bond donors (Lipinski definition) is 2. The fourth-order valence-electron chi connectivity index (χ4n) is 1.07. The summed E-state index contributed by atoms with van der Waals surface area (Å²) < 4.78 is 29.6. The molecule has 1 aromatic rings. The van der Waals surface area contributed by atoms with Crippen molar-refractivity contribution in [3.63, 3.8) is 0 Å². The molecule has 1 heterocycles. The number of rotatable bonds is 3. The zero-order valence-corrected chi connectivity index (χ0v) is 7.63. The van der Waals surface area contributed by atoms with Crippen molar-refractivity contribution in [2.24, 2.45) is 5.73 Å². The number of nitrogen functional groups attached to an aromatic ring is 1. The highest BCUT2D eigenvalue weighted by molar-refractivity contribution is 5.46. The van der Waals surface area contributed by atoms with E-state index >= 15 is 0 Å². The van der Waals surface area contributed by atoms with Gasteiger partial charge < -0.3 is 16.2 Å². The van der Waals surface area contributed by atoms with Gasteiger partial charge in [-0.25, -0.2) is 8.78 Å². The molecule has 0 amide bonds. The number of ether oxygens (including phenoxy) is 1. The number of halogens is 2. The van der Waals surface area contributed by atoms with Crippen molar-refractivity contribution in [2.45, 2.75) is 13.0 Å². The molecular formula is C8H11F2N3O. The number of anilines is 1. The van der Waals surface area contributed by atoms with Gasteiger partial charge in [-0.15, -0.1) is 0 Å². The lowest BCUT2D eigenvalue weighted by atomic mass is 10.2. The molecular weight excluding hydrogens is 192 g/mol. The van der Waals surface area contributed by atoms with Crippen LogP contribution in [0.2, 0.25) is 0 Å². The Balaban J connectivity index is 3.23. The van der Waals surface area contributed by atoms with Crippen LogP contribution in [0.25, 0.3) is 0 Å². The molecule has 0 aliphatic rings. The summed E-state index contributed by atoms with van der Waals surface area (Å²) in [6, 6.07) is 1.21. The first-order chi connectivity index (χ1) is 6.60. The average Bonchev–Trinajstić information content (AvgIpc) is 2.16. The minimum absolute atomic E-state index is 0.0795. The molecule has 0 spiro atoms. The predicted molar refractivity (Wildman–Crippen MR) is 48.0 cm³/mol. The van der Waals surface area contributed by atoms with Gasteiger partial charge in [0.2, 0.25) is 5.88 Å². The highest BCUT2D eigenvalue weighted by atomic mass is 19.3. The van der Waals surface area contributed by atoms with Crippen LogP contribution >= 0.6 is 0 Å². The van der Waals surface area contributed by atoms with Crippen LogP contribution in [-0.4, -0.2) is 12.1 Å². The van der Waals surface area contributed by atoms with Crippen LogP contribution in [0.15, 0.2) is 6.07 Å². The molecule has 0 aromatic carbocycles. The minimum Gasteiger partial charge on any atom is -0.481 e. The quantitative estimate of drug-likeness (QED) is 0.770. The number of pyridine rings is 1. The molecule has 0 fully saturated rings. The number of alkyl halides is 2. The van der Waals surface area contributed by atoms with Gasteiger partial charge >= 0.3 is 0 Å². The monoisotopic (exact) mass is 203 g/mol. The zero-order valence-electron chi connectivity index (χ0n) is 7.63. The van der Waals surface area contributed by atoms with E-state index in [1.807, 2.05) is 0 Å². The van der Waals surface area contributed by atoms with Gasteiger partial charge in [0.15, 0.2) is 0 Å². The molecule has 4 nitrogen and oxygen atoms in total. The first kappa shape index (κ1) is 10.6. The number of aromatic nitrogens is 1. The maximum Gasteiger partial charge on any atom is 0.267 e. The highest BCUT2D eigenvalue weighted by Crippen LogP contribution is 2.28. The molecule has 0 saturated heterocycles. The largest absolute Gasteiger partial charge is 0.481 e. The summed E-state index contributed by atoms with van der Waals surface area (Å²) in [6.07, 6.45) is -2.65. The van der Waals surface area contributed by atoms with Crippen LogP contribution in [0.3, 0.4) is 0 Å². The molecule has 0 radical (unpaired) electrons. The van der Waals surface area contributed by atoms with E-state index in [0.29, 0.717) is 5.56 Å². The summed E-state index contributed by atoms with van der Waals surface area (Å²) in [5, 5.41) is 0. The number of hydrogen-bond acceptors (Lipinski definition) is 4. The van der Waals surface area contributed by atoms with Gasteiger partial charge in [0.05, 0.1) is 12.7 Å². The molecule has 0 aliphatic carbocycles. The third-order valence-electron chi connectivity index (χ3n) is 1.77. The van der Waals surface area contributed by atoms with E-state index in [4.69, 9.17) is 16.2 Å². The summed E-state index contributed by atoms with van der Waals surface area (Å²) in [5.74, 6) is -0.0385. The molecule has 14 heavy (non-hydrogen) atoms. The van der Waals surface area contributed by atoms with Gasteiger partial charge in [0, 0.05) is 12.1 Å². The molecule has 1 rings (SSSR count). The fraction of sp³-hybridized carbons (Fsp3) is 0.375. The van der Waals surface area contributed by atoms with Crippen LogP contribution in [0.5, 0.6) is 5.88 Å². The third kappa shape index (κ3) is 1.90. The summed E-state index contributed by atoms with van der Waals surface area (Å²) in [7, 11) is 1.38. The summed E-state index contributed by atoms with van der Waals surface area (Å²) in [4.78, 5) is 3.68. The van der Waals surface area contributed by atoms with Crippen molar-refractivity contribution in [1.29, 1.82) is 0 Å². The molecule has 0 unspecified atom stereocenters. The van der Waals surface area contributed by atoms with Crippen molar-refractivity contribution < 1.29 is 13.5 Å². The Morgan fingerprint density at radius 2 is 2.21 bits per heavy atom. The van der Waals surface area contributed by atoms with Gasteiger partial charge in [0.1, 0.15) is 5.82 Å². The first-order valence-electron chi connectivity index (χ1n) is 3.91. The SMILES string of the molecule is COc1nc(N)c(C(F)F)cc1CN. The molecule has 6 heteroatoms. The van der Waals surface area contributed by atoms with Crippen LogP contribution < -0.4 is 16.2 Å². The Morgan fingerprint density at radius 1 is 1.57 bits per heavy atom. The molecule has 0 bridgehead atoms. The minimum atomic E-state index is -2.65. The molecule has 78 valence electrons. The Labute approximate surface area is 79.9 Å². The molecule has 0 atom stereocenters. The predicted octanol–water partition coefficient (Wildman–Crippen LogP) is 1.07. The van der Waals surface area contributed by atoms with Gasteiger partial charge in [0.25, 0.3) is 6.43 Å². The van der Waals surface area contributed by atoms with E-state index in [-0.39, 0.29) is 23.8 Å². The second-order valence-corrected chi connectivity index (χ2v) is 2.64. The molecule has 0 aliphatic heterocycles. The topological polar surface area (TPSA) is 74.2 Å². The molecule has 0 saturated carbocycles. The van der Waals surface area contributed by atoms with Crippen LogP contribution in [0.1, 0.15) is 17.6 Å². The number of nitrogens with two attached hydrogens (primary N) is 2. The fourth-order valence-corrected chi connectivity index (χ4v) is 1.07. The van der Waals surface area contributed by atoms with E-state index in [9.17, 15) is 8.78 Å². The van der Waals surface area contributed by atoms with E-state index in [0.717, 1.165) is 0 Å². The number of methoxy groups -OCH3 is 1. The van der Waals surface area contributed by atoms with Gasteiger partial charge in [-0.2, -0.15) is 4.98 Å². The Hall–Kier alpha value is -1.43. The summed E-state index contributed by atoms with van der Waals surface area (Å²) >= 11 is 0. The van der Waals surface area contributed by atoms with Crippen LogP contribution in [0, 0.1) is 0 Å². The van der Waals surface area contributed by atoms with E-state index < -0.39 is 6.43 Å². The average molecular weight is 203 g/mol. The van der Waals surface area contributed by atoms with E-state index in [1.54, 1.807) is 0 Å². The van der Waals surface area contributed by atoms with Crippen molar-refractivity contribution in [2.75, 3.05) is 12.8 Å². The van der Waals surface area contributed by atoms with Gasteiger partial charge in [-0.05, 0) is 6.07 Å². The highest BCUT2D eigenvalue weighted by Gasteiger charge is 2.16. The summed E-state index contributed by atoms with van der Waals surface area (Å²) in [5.41, 5.74) is 10.7. The second-order valence-electron chi connectivity index (χ2n) is 2.64. The van der Waals surface area contributed by atoms with E-state index in [1.165, 1.54) is 13.2 Å². The van der Waals surface area contributed by atoms with Crippen molar-refractivity contribution >= 4 is 5.82 Å². The second kappa shape index (κ2) is 4.19. The van der Waals surface area contributed by atoms with Gasteiger partial charge in [-0.3, -0.25) is 0 Å². The van der Waals surface area contributed by atoms with Crippen LogP contribution in [-0.2, 0) is 6.54 Å². The van der Waals surface area contributed by atoms with Crippen molar-refractivity contribution in [3.05, 3.63) is 17.2 Å². The third-order valence-corrected chi connectivity index (χ3v) is 1.77. The lowest BCUT2D eigenvalue weighted by Gasteiger charge is -2.10. The Morgan fingerprint density at radius 3 is 2.64 bits per heavy atom. The number of nitrogens with zero attached hydrogens (tertiary/aromatic N) is 1. The van der Waals surface area contributed by atoms with Crippen molar-refractivity contribution in [1.82, 2.24) is 4.98 Å². The maximum atomic E-state index is 12.4. The lowest BCUT2D eigenvalue weighted by molar-refractivity contribution is 0.151.